The van der Waals surface area contributed by atoms with Crippen LogP contribution in [0.1, 0.15) is 23.1 Å². The van der Waals surface area contributed by atoms with E-state index in [2.05, 4.69) is 20.5 Å². The minimum absolute atomic E-state index is 0.386. The number of nitrogens with zero attached hydrogens (tertiary/aromatic N) is 4. The van der Waals surface area contributed by atoms with E-state index in [9.17, 15) is 4.79 Å². The van der Waals surface area contributed by atoms with Gasteiger partial charge in [0.05, 0.1) is 12.1 Å². The Hall–Kier alpha value is -2.44. The maximum absolute atomic E-state index is 10.9. The van der Waals surface area contributed by atoms with Gasteiger partial charge in [0, 0.05) is 12.7 Å². The van der Waals surface area contributed by atoms with Gasteiger partial charge in [-0.1, -0.05) is 0 Å². The highest BCUT2D eigenvalue weighted by Gasteiger charge is 2.04. The molecule has 0 radical (unpaired) electrons. The lowest BCUT2D eigenvalue weighted by molar-refractivity contribution is 0.1000. The summed E-state index contributed by atoms with van der Waals surface area (Å²) in [6.07, 6.45) is 3.12. The van der Waals surface area contributed by atoms with E-state index in [0.29, 0.717) is 17.9 Å². The fourth-order valence-electron chi connectivity index (χ4n) is 1.49. The Labute approximate surface area is 104 Å². The zero-order valence-corrected chi connectivity index (χ0v) is 10.00. The van der Waals surface area contributed by atoms with Crippen LogP contribution in [0.3, 0.4) is 0 Å². The zero-order chi connectivity index (χ0) is 13.0. The maximum Gasteiger partial charge on any atom is 0.250 e. The van der Waals surface area contributed by atoms with Crippen molar-refractivity contribution in [2.75, 3.05) is 5.32 Å². The smallest absolute Gasteiger partial charge is 0.250 e. The zero-order valence-electron chi connectivity index (χ0n) is 10.00. The largest absolute Gasteiger partial charge is 0.366 e. The number of aryl methyl sites for hydroxylation is 1. The maximum atomic E-state index is 10.9. The van der Waals surface area contributed by atoms with Gasteiger partial charge in [-0.2, -0.15) is 0 Å². The van der Waals surface area contributed by atoms with Crippen LogP contribution in [0.25, 0.3) is 0 Å². The van der Waals surface area contributed by atoms with Crippen LogP contribution in [-0.2, 0) is 13.1 Å². The first-order valence-corrected chi connectivity index (χ1v) is 5.57. The molecule has 1 amide bonds. The monoisotopic (exact) mass is 246 g/mol. The van der Waals surface area contributed by atoms with Gasteiger partial charge in [0.25, 0.3) is 0 Å². The fourth-order valence-corrected chi connectivity index (χ4v) is 1.49. The molecule has 2 rings (SSSR count). The van der Waals surface area contributed by atoms with Gasteiger partial charge in [-0.3, -0.25) is 4.79 Å². The lowest BCUT2D eigenvalue weighted by atomic mass is 10.3. The van der Waals surface area contributed by atoms with Gasteiger partial charge in [0.1, 0.15) is 12.1 Å². The van der Waals surface area contributed by atoms with E-state index in [1.807, 2.05) is 11.5 Å². The van der Waals surface area contributed by atoms with Crippen molar-refractivity contribution in [3.63, 3.8) is 0 Å². The highest BCUT2D eigenvalue weighted by molar-refractivity contribution is 5.92. The summed E-state index contributed by atoms with van der Waals surface area (Å²) in [6, 6.07) is 3.33. The quantitative estimate of drug-likeness (QED) is 0.795. The molecule has 0 unspecified atom stereocenters. The molecule has 2 aromatic heterocycles. The first-order chi connectivity index (χ1) is 8.70. The van der Waals surface area contributed by atoms with Gasteiger partial charge < -0.3 is 15.6 Å². The summed E-state index contributed by atoms with van der Waals surface area (Å²) in [6.45, 7) is 3.36. The molecule has 94 valence electrons. The molecule has 0 bridgehead atoms. The van der Waals surface area contributed by atoms with Crippen LogP contribution in [0.4, 0.5) is 5.82 Å². The number of primary amides is 1. The number of nitrogens with two attached hydrogens (primary N) is 1. The lowest BCUT2D eigenvalue weighted by Crippen LogP contribution is -2.12. The molecular formula is C11H14N6O. The van der Waals surface area contributed by atoms with Gasteiger partial charge >= 0.3 is 0 Å². The molecule has 0 fully saturated rings. The van der Waals surface area contributed by atoms with Crippen molar-refractivity contribution in [1.29, 1.82) is 0 Å². The second-order valence-corrected chi connectivity index (χ2v) is 3.68. The Morgan fingerprint density at radius 1 is 1.50 bits per heavy atom. The molecule has 0 aromatic carbocycles. The molecule has 7 heteroatoms. The van der Waals surface area contributed by atoms with E-state index in [1.54, 1.807) is 18.5 Å². The number of anilines is 1. The SMILES string of the molecule is CCn1cnnc1CNc1ccc(C(N)=O)cn1. The minimum atomic E-state index is -0.486. The summed E-state index contributed by atoms with van der Waals surface area (Å²) in [4.78, 5) is 15.0. The first kappa shape index (κ1) is 12.0. The van der Waals surface area contributed by atoms with Crippen LogP contribution in [0.5, 0.6) is 0 Å². The Balaban J connectivity index is 2.00. The minimum Gasteiger partial charge on any atom is -0.366 e. The number of aromatic nitrogens is 4. The van der Waals surface area contributed by atoms with Gasteiger partial charge in [-0.25, -0.2) is 4.98 Å². The molecule has 0 aliphatic rings. The first-order valence-electron chi connectivity index (χ1n) is 5.57. The predicted octanol–water partition coefficient (Wildman–Crippen LogP) is 0.404. The predicted molar refractivity (Wildman–Crippen MR) is 65.8 cm³/mol. The molecule has 2 aromatic rings. The van der Waals surface area contributed by atoms with Gasteiger partial charge in [0.15, 0.2) is 5.82 Å². The van der Waals surface area contributed by atoms with Crippen molar-refractivity contribution in [3.8, 4) is 0 Å². The molecule has 7 nitrogen and oxygen atoms in total. The highest BCUT2D eigenvalue weighted by Crippen LogP contribution is 2.06. The molecule has 0 saturated carbocycles. The summed E-state index contributed by atoms with van der Waals surface area (Å²) < 4.78 is 1.94. The third-order valence-electron chi connectivity index (χ3n) is 2.51. The van der Waals surface area contributed by atoms with Crippen LogP contribution in [-0.4, -0.2) is 25.7 Å². The van der Waals surface area contributed by atoms with Gasteiger partial charge in [-0.15, -0.1) is 10.2 Å². The van der Waals surface area contributed by atoms with E-state index in [4.69, 9.17) is 5.73 Å². The van der Waals surface area contributed by atoms with E-state index in [0.717, 1.165) is 12.4 Å². The molecule has 0 saturated heterocycles. The van der Waals surface area contributed by atoms with Crippen molar-refractivity contribution in [1.82, 2.24) is 19.7 Å². The Bertz CT molecular complexity index is 533. The molecule has 2 heterocycles. The van der Waals surface area contributed by atoms with Crippen LogP contribution < -0.4 is 11.1 Å². The van der Waals surface area contributed by atoms with Crippen LogP contribution in [0.15, 0.2) is 24.7 Å². The van der Waals surface area contributed by atoms with Gasteiger partial charge in [-0.05, 0) is 19.1 Å². The average molecular weight is 246 g/mol. The van der Waals surface area contributed by atoms with Crippen LogP contribution in [0, 0.1) is 0 Å². The number of rotatable bonds is 5. The number of pyridine rings is 1. The van der Waals surface area contributed by atoms with E-state index < -0.39 is 5.91 Å². The van der Waals surface area contributed by atoms with Crippen molar-refractivity contribution in [3.05, 3.63) is 36.0 Å². The molecule has 3 N–H and O–H groups in total. The number of carbonyl (C=O) groups is 1. The molecule has 0 spiro atoms. The second kappa shape index (κ2) is 5.26. The topological polar surface area (TPSA) is 98.7 Å². The lowest BCUT2D eigenvalue weighted by Gasteiger charge is -2.06. The van der Waals surface area contributed by atoms with Crippen LogP contribution >= 0.6 is 0 Å². The Morgan fingerprint density at radius 2 is 2.33 bits per heavy atom. The molecule has 0 aliphatic carbocycles. The molecule has 0 aliphatic heterocycles. The summed E-state index contributed by atoms with van der Waals surface area (Å²) in [5.41, 5.74) is 5.52. The number of amides is 1. The van der Waals surface area contributed by atoms with Crippen molar-refractivity contribution >= 4 is 11.7 Å². The normalized spacial score (nSPS) is 10.3. The third kappa shape index (κ3) is 2.62. The number of carbonyl (C=O) groups excluding carboxylic acids is 1. The second-order valence-electron chi connectivity index (χ2n) is 3.68. The summed E-state index contributed by atoms with van der Waals surface area (Å²) in [5.74, 6) is 1.00. The molecular weight excluding hydrogens is 232 g/mol. The van der Waals surface area contributed by atoms with Gasteiger partial charge in [0.2, 0.25) is 5.91 Å². The third-order valence-corrected chi connectivity index (χ3v) is 2.51. The van der Waals surface area contributed by atoms with E-state index >= 15 is 0 Å². The number of hydrogen-bond acceptors (Lipinski definition) is 5. The standard InChI is InChI=1S/C11H14N6O/c1-2-17-7-15-16-10(17)6-14-9-4-3-8(5-13-9)11(12)18/h3-5,7H,2,6H2,1H3,(H2,12,18)(H,13,14). The van der Waals surface area contributed by atoms with Crippen LogP contribution in [0.2, 0.25) is 0 Å². The van der Waals surface area contributed by atoms with Crippen molar-refractivity contribution in [2.45, 2.75) is 20.0 Å². The summed E-state index contributed by atoms with van der Waals surface area (Å²) in [5, 5.41) is 10.9. The summed E-state index contributed by atoms with van der Waals surface area (Å²) in [7, 11) is 0. The number of hydrogen-bond donors (Lipinski definition) is 2. The average Bonchev–Trinajstić information content (AvgIpc) is 2.84. The van der Waals surface area contributed by atoms with E-state index in [1.165, 1.54) is 6.20 Å². The summed E-state index contributed by atoms with van der Waals surface area (Å²) >= 11 is 0. The van der Waals surface area contributed by atoms with E-state index in [-0.39, 0.29) is 0 Å². The fraction of sp³-hybridized carbons (Fsp3) is 0.273. The number of nitrogens with one attached hydrogen (secondary N) is 1. The highest BCUT2D eigenvalue weighted by atomic mass is 16.1. The molecule has 18 heavy (non-hydrogen) atoms. The Kier molecular flexibility index (Phi) is 3.52. The van der Waals surface area contributed by atoms with Crippen molar-refractivity contribution in [2.24, 2.45) is 5.73 Å². The van der Waals surface area contributed by atoms with Crippen molar-refractivity contribution < 1.29 is 4.79 Å². The molecule has 0 atom stereocenters. The Morgan fingerprint density at radius 3 is 2.94 bits per heavy atom.